The number of nitrogens with one attached hydrogen (secondary N) is 1. The molecule has 0 aromatic rings. The Hall–Kier alpha value is -0.0900. The van der Waals surface area contributed by atoms with Crippen LogP contribution in [-0.4, -0.2) is 41.8 Å². The molecule has 1 aliphatic rings. The lowest BCUT2D eigenvalue weighted by Crippen LogP contribution is -2.35. The maximum Gasteiger partial charge on any atom is 0.217 e. The smallest absolute Gasteiger partial charge is 0.217 e. The van der Waals surface area contributed by atoms with Gasteiger partial charge in [-0.05, 0) is 25.8 Å². The van der Waals surface area contributed by atoms with E-state index < -0.39 is 0 Å². The van der Waals surface area contributed by atoms with E-state index in [1.54, 1.807) is 6.92 Å². The first-order chi connectivity index (χ1) is 9.22. The number of nitrogens with zero attached hydrogens (tertiary/aromatic N) is 1. The normalized spacial score (nSPS) is 19.8. The van der Waals surface area contributed by atoms with Crippen LogP contribution in [0.3, 0.4) is 0 Å². The predicted octanol–water partition coefficient (Wildman–Crippen LogP) is 3.32. The molecule has 1 rings (SSSR count). The number of carbonyl (C=O) groups excluding carboxylic acids is 1. The molecule has 1 N–H and O–H groups in total. The van der Waals surface area contributed by atoms with Crippen LogP contribution in [0, 0.1) is 0 Å². The highest BCUT2D eigenvalue weighted by molar-refractivity contribution is 9.09. The van der Waals surface area contributed by atoms with Crippen molar-refractivity contribution in [2.24, 2.45) is 0 Å². The van der Waals surface area contributed by atoms with Crippen molar-refractivity contribution < 1.29 is 4.79 Å². The van der Waals surface area contributed by atoms with Crippen LogP contribution in [-0.2, 0) is 4.79 Å². The first-order valence-electron chi connectivity index (χ1n) is 7.78. The van der Waals surface area contributed by atoms with E-state index in [0.29, 0.717) is 6.04 Å². The Bertz CT molecular complexity index is 248. The first kappa shape index (κ1) is 17.0. The maximum atomic E-state index is 11.0. The molecule has 1 saturated heterocycles. The molecule has 4 heteroatoms. The second kappa shape index (κ2) is 10.7. The number of rotatable bonds is 10. The van der Waals surface area contributed by atoms with E-state index >= 15 is 0 Å². The zero-order valence-electron chi connectivity index (χ0n) is 12.3. The zero-order chi connectivity index (χ0) is 13.9. The van der Waals surface area contributed by atoms with Crippen molar-refractivity contribution in [1.29, 1.82) is 0 Å². The Balaban J connectivity index is 1.89. The summed E-state index contributed by atoms with van der Waals surface area (Å²) in [6.07, 6.45) is 10.6. The van der Waals surface area contributed by atoms with E-state index in [4.69, 9.17) is 0 Å². The highest BCUT2D eigenvalue weighted by atomic mass is 79.9. The lowest BCUT2D eigenvalue weighted by Gasteiger charge is -2.16. The van der Waals surface area contributed by atoms with Crippen molar-refractivity contribution in [2.45, 2.75) is 64.3 Å². The lowest BCUT2D eigenvalue weighted by atomic mass is 10.1. The summed E-state index contributed by atoms with van der Waals surface area (Å²) in [7, 11) is 0. The fourth-order valence-electron chi connectivity index (χ4n) is 2.75. The van der Waals surface area contributed by atoms with Gasteiger partial charge in [0, 0.05) is 31.4 Å². The quantitative estimate of drug-likeness (QED) is 0.491. The SMILES string of the molecule is CC(=O)NC1CCN(CCCCCCCCCBr)C1. The van der Waals surface area contributed by atoms with Crippen molar-refractivity contribution in [2.75, 3.05) is 25.0 Å². The van der Waals surface area contributed by atoms with Gasteiger partial charge >= 0.3 is 0 Å². The van der Waals surface area contributed by atoms with Gasteiger partial charge in [-0.1, -0.05) is 48.0 Å². The minimum Gasteiger partial charge on any atom is -0.352 e. The predicted molar refractivity (Wildman–Crippen MR) is 84.8 cm³/mol. The molecule has 3 nitrogen and oxygen atoms in total. The Labute approximate surface area is 126 Å². The molecule has 1 atom stereocenters. The third kappa shape index (κ3) is 8.64. The summed E-state index contributed by atoms with van der Waals surface area (Å²) in [6.45, 7) is 5.01. The number of unbranched alkanes of at least 4 members (excludes halogenated alkanes) is 6. The fourth-order valence-corrected chi connectivity index (χ4v) is 3.15. The van der Waals surface area contributed by atoms with Crippen molar-refractivity contribution >= 4 is 21.8 Å². The van der Waals surface area contributed by atoms with Gasteiger partial charge in [-0.2, -0.15) is 0 Å². The summed E-state index contributed by atoms with van der Waals surface area (Å²) < 4.78 is 0. The monoisotopic (exact) mass is 332 g/mol. The molecule has 1 amide bonds. The van der Waals surface area contributed by atoms with Gasteiger partial charge in [-0.15, -0.1) is 0 Å². The van der Waals surface area contributed by atoms with Crippen molar-refractivity contribution in [3.8, 4) is 0 Å². The number of alkyl halides is 1. The van der Waals surface area contributed by atoms with E-state index in [1.807, 2.05) is 0 Å². The van der Waals surface area contributed by atoms with Gasteiger partial charge in [-0.25, -0.2) is 0 Å². The van der Waals surface area contributed by atoms with E-state index in [0.717, 1.165) is 24.8 Å². The molecule has 0 aromatic carbocycles. The van der Waals surface area contributed by atoms with Gasteiger partial charge in [0.05, 0.1) is 0 Å². The second-order valence-electron chi connectivity index (χ2n) is 5.65. The van der Waals surface area contributed by atoms with Crippen LogP contribution in [0.25, 0.3) is 0 Å². The van der Waals surface area contributed by atoms with E-state index in [2.05, 4.69) is 26.1 Å². The third-order valence-electron chi connectivity index (χ3n) is 3.79. The minimum atomic E-state index is 0.107. The largest absolute Gasteiger partial charge is 0.352 e. The molecule has 0 saturated carbocycles. The van der Waals surface area contributed by atoms with E-state index in [9.17, 15) is 4.79 Å². The summed E-state index contributed by atoms with van der Waals surface area (Å²) in [4.78, 5) is 13.5. The van der Waals surface area contributed by atoms with Gasteiger partial charge < -0.3 is 10.2 Å². The molecule has 1 fully saturated rings. The van der Waals surface area contributed by atoms with Crippen LogP contribution in [0.4, 0.5) is 0 Å². The van der Waals surface area contributed by atoms with Gasteiger partial charge in [0.1, 0.15) is 0 Å². The van der Waals surface area contributed by atoms with Crippen molar-refractivity contribution in [1.82, 2.24) is 10.2 Å². The summed E-state index contributed by atoms with van der Waals surface area (Å²) in [5.41, 5.74) is 0. The molecular weight excluding hydrogens is 304 g/mol. The fraction of sp³-hybridized carbons (Fsp3) is 0.933. The highest BCUT2D eigenvalue weighted by Gasteiger charge is 2.21. The molecule has 0 bridgehead atoms. The average Bonchev–Trinajstić information content (AvgIpc) is 2.79. The number of halogens is 1. The molecule has 1 heterocycles. The Morgan fingerprint density at radius 1 is 1.16 bits per heavy atom. The summed E-state index contributed by atoms with van der Waals surface area (Å²) in [6, 6.07) is 0.391. The van der Waals surface area contributed by atoms with Crippen LogP contribution in [0.5, 0.6) is 0 Å². The topological polar surface area (TPSA) is 32.3 Å². The molecule has 0 aromatic heterocycles. The Morgan fingerprint density at radius 2 is 1.79 bits per heavy atom. The summed E-state index contributed by atoms with van der Waals surface area (Å²) >= 11 is 3.47. The van der Waals surface area contributed by atoms with Crippen molar-refractivity contribution in [3.05, 3.63) is 0 Å². The van der Waals surface area contributed by atoms with Gasteiger partial charge in [0.25, 0.3) is 0 Å². The summed E-state index contributed by atoms with van der Waals surface area (Å²) in [5.74, 6) is 0.107. The summed E-state index contributed by atoms with van der Waals surface area (Å²) in [5, 5.41) is 4.17. The maximum absolute atomic E-state index is 11.0. The number of carbonyl (C=O) groups is 1. The van der Waals surface area contributed by atoms with Crippen LogP contribution in [0.2, 0.25) is 0 Å². The van der Waals surface area contributed by atoms with Crippen LogP contribution >= 0.6 is 15.9 Å². The highest BCUT2D eigenvalue weighted by Crippen LogP contribution is 2.12. The van der Waals surface area contributed by atoms with Crippen LogP contribution in [0.15, 0.2) is 0 Å². The average molecular weight is 333 g/mol. The van der Waals surface area contributed by atoms with Gasteiger partial charge in [-0.3, -0.25) is 4.79 Å². The molecule has 0 spiro atoms. The van der Waals surface area contributed by atoms with E-state index in [-0.39, 0.29) is 5.91 Å². The van der Waals surface area contributed by atoms with Crippen LogP contribution < -0.4 is 5.32 Å². The van der Waals surface area contributed by atoms with Gasteiger partial charge in [0.15, 0.2) is 0 Å². The lowest BCUT2D eigenvalue weighted by molar-refractivity contribution is -0.119. The molecule has 0 aliphatic carbocycles. The van der Waals surface area contributed by atoms with Crippen molar-refractivity contribution in [3.63, 3.8) is 0 Å². The second-order valence-corrected chi connectivity index (χ2v) is 6.44. The Kier molecular flexibility index (Phi) is 9.52. The van der Waals surface area contributed by atoms with Gasteiger partial charge in [0.2, 0.25) is 5.91 Å². The molecule has 0 radical (unpaired) electrons. The third-order valence-corrected chi connectivity index (χ3v) is 4.35. The number of amides is 1. The van der Waals surface area contributed by atoms with Crippen LogP contribution in [0.1, 0.15) is 58.3 Å². The number of hydrogen-bond acceptors (Lipinski definition) is 2. The zero-order valence-corrected chi connectivity index (χ0v) is 13.9. The van der Waals surface area contributed by atoms with E-state index in [1.165, 1.54) is 51.5 Å². The molecule has 1 aliphatic heterocycles. The molecular formula is C15H29BrN2O. The standard InChI is InChI=1S/C15H29BrN2O/c1-14(19)17-15-9-12-18(13-15)11-8-6-4-2-3-5-7-10-16/h15H,2-13H2,1H3,(H,17,19). The molecule has 19 heavy (non-hydrogen) atoms. The Morgan fingerprint density at radius 3 is 2.42 bits per heavy atom. The first-order valence-corrected chi connectivity index (χ1v) is 8.90. The minimum absolute atomic E-state index is 0.107. The number of likely N-dealkylation sites (tertiary alicyclic amines) is 1. The molecule has 1 unspecified atom stereocenters. The number of hydrogen-bond donors (Lipinski definition) is 1. The molecule has 112 valence electrons.